The second-order valence-electron chi connectivity index (χ2n) is 6.06. The Labute approximate surface area is 125 Å². The number of likely N-dealkylation sites (tertiary alicyclic amines) is 1. The van der Waals surface area contributed by atoms with Crippen LogP contribution < -0.4 is 4.74 Å². The third-order valence-corrected chi connectivity index (χ3v) is 4.86. The second-order valence-corrected chi connectivity index (χ2v) is 6.06. The minimum absolute atomic E-state index is 0.251. The van der Waals surface area contributed by atoms with Crippen LogP contribution in [0.25, 0.3) is 0 Å². The number of benzene rings is 1. The monoisotopic (exact) mass is 289 g/mol. The van der Waals surface area contributed by atoms with Crippen molar-refractivity contribution in [3.05, 3.63) is 29.3 Å². The lowest BCUT2D eigenvalue weighted by atomic mass is 9.84. The minimum Gasteiger partial charge on any atom is -0.497 e. The van der Waals surface area contributed by atoms with Gasteiger partial charge in [0, 0.05) is 6.04 Å². The molecule has 1 aliphatic heterocycles. The molecule has 0 bridgehead atoms. The number of carboxylic acid groups (broad SMARTS) is 1. The summed E-state index contributed by atoms with van der Waals surface area (Å²) in [6, 6.07) is 6.17. The fourth-order valence-electron chi connectivity index (χ4n) is 3.83. The zero-order valence-electron chi connectivity index (χ0n) is 12.5. The number of fused-ring (bicyclic) bond motifs is 1. The predicted molar refractivity (Wildman–Crippen MR) is 80.7 cm³/mol. The molecule has 0 amide bonds. The number of carboxylic acids is 1. The van der Waals surface area contributed by atoms with E-state index in [1.165, 1.54) is 11.1 Å². The van der Waals surface area contributed by atoms with E-state index < -0.39 is 5.97 Å². The van der Waals surface area contributed by atoms with Crippen molar-refractivity contribution in [2.45, 2.75) is 50.6 Å². The van der Waals surface area contributed by atoms with E-state index in [4.69, 9.17) is 4.74 Å². The summed E-state index contributed by atoms with van der Waals surface area (Å²) in [4.78, 5) is 13.8. The van der Waals surface area contributed by atoms with E-state index in [1.807, 2.05) is 6.07 Å². The minimum atomic E-state index is -0.671. The van der Waals surface area contributed by atoms with Gasteiger partial charge in [-0.05, 0) is 61.9 Å². The molecule has 3 rings (SSSR count). The van der Waals surface area contributed by atoms with Crippen LogP contribution in [-0.2, 0) is 11.2 Å². The van der Waals surface area contributed by atoms with Crippen LogP contribution >= 0.6 is 0 Å². The van der Waals surface area contributed by atoms with Gasteiger partial charge in [-0.25, -0.2) is 0 Å². The first-order chi connectivity index (χ1) is 10.2. The lowest BCUT2D eigenvalue weighted by Crippen LogP contribution is -2.47. The Bertz CT molecular complexity index is 529. The molecule has 0 radical (unpaired) electrons. The molecule has 4 heteroatoms. The van der Waals surface area contributed by atoms with Gasteiger partial charge in [-0.2, -0.15) is 0 Å². The normalized spacial score (nSPS) is 26.1. The van der Waals surface area contributed by atoms with Gasteiger partial charge in [-0.15, -0.1) is 0 Å². The lowest BCUT2D eigenvalue weighted by Gasteiger charge is -2.41. The number of aryl methyl sites for hydroxylation is 1. The number of rotatable bonds is 3. The average molecular weight is 289 g/mol. The van der Waals surface area contributed by atoms with Crippen molar-refractivity contribution in [1.29, 1.82) is 0 Å². The van der Waals surface area contributed by atoms with Crippen molar-refractivity contribution < 1.29 is 14.6 Å². The van der Waals surface area contributed by atoms with E-state index in [-0.39, 0.29) is 12.1 Å². The topological polar surface area (TPSA) is 49.8 Å². The fourth-order valence-corrected chi connectivity index (χ4v) is 3.83. The molecule has 2 atom stereocenters. The number of piperidine rings is 1. The predicted octanol–water partition coefficient (Wildman–Crippen LogP) is 3.01. The molecule has 1 heterocycles. The summed E-state index contributed by atoms with van der Waals surface area (Å²) >= 11 is 0. The van der Waals surface area contributed by atoms with E-state index >= 15 is 0 Å². The zero-order chi connectivity index (χ0) is 14.8. The number of ether oxygens (including phenoxy) is 1. The summed E-state index contributed by atoms with van der Waals surface area (Å²) in [5.41, 5.74) is 2.62. The van der Waals surface area contributed by atoms with E-state index in [0.717, 1.165) is 50.8 Å². The first-order valence-electron chi connectivity index (χ1n) is 7.86. The Balaban J connectivity index is 1.91. The van der Waals surface area contributed by atoms with Crippen LogP contribution in [0.4, 0.5) is 0 Å². The van der Waals surface area contributed by atoms with Gasteiger partial charge < -0.3 is 9.84 Å². The fraction of sp³-hybridized carbons (Fsp3) is 0.588. The average Bonchev–Trinajstić information content (AvgIpc) is 2.53. The standard InChI is InChI=1S/C17H23NO3/c1-21-13-8-9-14-12(11-13)5-4-7-15(14)18-10-3-2-6-16(18)17(19)20/h8-9,11,15-16H,2-7,10H2,1H3,(H,19,20). The summed E-state index contributed by atoms with van der Waals surface area (Å²) in [7, 11) is 1.69. The highest BCUT2D eigenvalue weighted by molar-refractivity contribution is 5.73. The van der Waals surface area contributed by atoms with E-state index in [2.05, 4.69) is 17.0 Å². The molecule has 2 aliphatic rings. The maximum absolute atomic E-state index is 11.6. The molecule has 1 aliphatic carbocycles. The Morgan fingerprint density at radius 3 is 2.90 bits per heavy atom. The highest BCUT2D eigenvalue weighted by atomic mass is 16.5. The Morgan fingerprint density at radius 2 is 2.14 bits per heavy atom. The summed E-state index contributed by atoms with van der Waals surface area (Å²) < 4.78 is 5.31. The van der Waals surface area contributed by atoms with Crippen LogP contribution in [0.1, 0.15) is 49.3 Å². The van der Waals surface area contributed by atoms with Gasteiger partial charge >= 0.3 is 5.97 Å². The SMILES string of the molecule is COc1ccc2c(c1)CCCC2N1CCCCC1C(=O)O. The smallest absolute Gasteiger partial charge is 0.320 e. The molecule has 0 aromatic heterocycles. The van der Waals surface area contributed by atoms with Gasteiger partial charge in [0.15, 0.2) is 0 Å². The molecule has 1 N–H and O–H groups in total. The van der Waals surface area contributed by atoms with E-state index in [0.29, 0.717) is 0 Å². The van der Waals surface area contributed by atoms with Crippen LogP contribution in [0.5, 0.6) is 5.75 Å². The molecular formula is C17H23NO3. The number of nitrogens with zero attached hydrogens (tertiary/aromatic N) is 1. The van der Waals surface area contributed by atoms with Crippen molar-refractivity contribution in [2.24, 2.45) is 0 Å². The van der Waals surface area contributed by atoms with Crippen LogP contribution in [0.3, 0.4) is 0 Å². The zero-order valence-corrected chi connectivity index (χ0v) is 12.5. The third kappa shape index (κ3) is 2.77. The Morgan fingerprint density at radius 1 is 1.29 bits per heavy atom. The lowest BCUT2D eigenvalue weighted by molar-refractivity contribution is -0.146. The molecule has 1 saturated heterocycles. The van der Waals surface area contributed by atoms with Gasteiger partial charge in [0.25, 0.3) is 0 Å². The number of carbonyl (C=O) groups is 1. The molecule has 0 saturated carbocycles. The summed E-state index contributed by atoms with van der Waals surface area (Å²) in [6.07, 6.45) is 6.14. The van der Waals surface area contributed by atoms with Crippen LogP contribution in [0.15, 0.2) is 18.2 Å². The first-order valence-corrected chi connectivity index (χ1v) is 7.86. The van der Waals surface area contributed by atoms with Crippen molar-refractivity contribution in [1.82, 2.24) is 4.90 Å². The molecule has 2 unspecified atom stereocenters. The second kappa shape index (κ2) is 6.06. The van der Waals surface area contributed by atoms with Gasteiger partial charge in [-0.3, -0.25) is 9.69 Å². The highest BCUT2D eigenvalue weighted by Gasteiger charge is 2.35. The maximum Gasteiger partial charge on any atom is 0.320 e. The maximum atomic E-state index is 11.6. The highest BCUT2D eigenvalue weighted by Crippen LogP contribution is 2.39. The molecular weight excluding hydrogens is 266 g/mol. The Hall–Kier alpha value is -1.55. The van der Waals surface area contributed by atoms with Crippen molar-refractivity contribution in [2.75, 3.05) is 13.7 Å². The molecule has 1 fully saturated rings. The molecule has 1 aromatic rings. The number of methoxy groups -OCH3 is 1. The van der Waals surface area contributed by atoms with Crippen molar-refractivity contribution in [3.8, 4) is 5.75 Å². The largest absolute Gasteiger partial charge is 0.497 e. The van der Waals surface area contributed by atoms with Gasteiger partial charge in [-0.1, -0.05) is 12.5 Å². The van der Waals surface area contributed by atoms with Crippen LogP contribution in [-0.4, -0.2) is 35.7 Å². The molecule has 21 heavy (non-hydrogen) atoms. The molecule has 114 valence electrons. The first kappa shape index (κ1) is 14.4. The summed E-state index contributed by atoms with van der Waals surface area (Å²) in [5, 5.41) is 9.51. The number of hydrogen-bond acceptors (Lipinski definition) is 3. The van der Waals surface area contributed by atoms with Gasteiger partial charge in [0.1, 0.15) is 11.8 Å². The van der Waals surface area contributed by atoms with Crippen LogP contribution in [0.2, 0.25) is 0 Å². The molecule has 4 nitrogen and oxygen atoms in total. The molecule has 1 aromatic carbocycles. The Kier molecular flexibility index (Phi) is 4.15. The van der Waals surface area contributed by atoms with E-state index in [9.17, 15) is 9.90 Å². The van der Waals surface area contributed by atoms with Gasteiger partial charge in [0.2, 0.25) is 0 Å². The number of aliphatic carboxylic acids is 1. The quantitative estimate of drug-likeness (QED) is 0.929. The number of hydrogen-bond donors (Lipinski definition) is 1. The molecule has 0 spiro atoms. The van der Waals surface area contributed by atoms with E-state index in [1.54, 1.807) is 7.11 Å². The summed E-state index contributed by atoms with van der Waals surface area (Å²) in [6.45, 7) is 0.896. The van der Waals surface area contributed by atoms with Gasteiger partial charge in [0.05, 0.1) is 7.11 Å². The van der Waals surface area contributed by atoms with Crippen molar-refractivity contribution >= 4 is 5.97 Å². The van der Waals surface area contributed by atoms with Crippen molar-refractivity contribution in [3.63, 3.8) is 0 Å². The van der Waals surface area contributed by atoms with Crippen LogP contribution in [0, 0.1) is 0 Å². The third-order valence-electron chi connectivity index (χ3n) is 4.86. The summed E-state index contributed by atoms with van der Waals surface area (Å²) in [5.74, 6) is 0.221.